The molecule has 7 heteroatoms. The molecule has 176 valence electrons. The van der Waals surface area contributed by atoms with Gasteiger partial charge in [-0.1, -0.05) is 24.3 Å². The van der Waals surface area contributed by atoms with Gasteiger partial charge in [-0.3, -0.25) is 14.5 Å². The summed E-state index contributed by atoms with van der Waals surface area (Å²) in [5, 5.41) is 5.88. The fraction of sp³-hybridized carbons (Fsp3) is 0.462. The summed E-state index contributed by atoms with van der Waals surface area (Å²) in [6.07, 6.45) is 2.58. The lowest BCUT2D eigenvalue weighted by molar-refractivity contribution is -0.121. The van der Waals surface area contributed by atoms with E-state index >= 15 is 0 Å². The number of nitrogens with one attached hydrogen (secondary N) is 2. The molecule has 2 heterocycles. The van der Waals surface area contributed by atoms with Crippen molar-refractivity contribution in [1.82, 2.24) is 10.2 Å². The van der Waals surface area contributed by atoms with Crippen molar-refractivity contribution in [3.63, 3.8) is 0 Å². The Balaban J connectivity index is 1.15. The van der Waals surface area contributed by atoms with Gasteiger partial charge < -0.3 is 20.1 Å². The Morgan fingerprint density at radius 2 is 2.09 bits per heavy atom. The van der Waals surface area contributed by atoms with Crippen LogP contribution < -0.4 is 15.4 Å². The zero-order chi connectivity index (χ0) is 23.0. The van der Waals surface area contributed by atoms with E-state index in [1.165, 1.54) is 5.56 Å². The van der Waals surface area contributed by atoms with Crippen LogP contribution in [0.2, 0.25) is 0 Å². The monoisotopic (exact) mass is 451 g/mol. The second-order valence-electron chi connectivity index (χ2n) is 8.83. The quantitative estimate of drug-likeness (QED) is 0.572. The fourth-order valence-electron chi connectivity index (χ4n) is 4.29. The summed E-state index contributed by atoms with van der Waals surface area (Å²) < 4.78 is 11.4. The highest BCUT2D eigenvalue weighted by atomic mass is 16.5. The third-order valence-electron chi connectivity index (χ3n) is 6.00. The summed E-state index contributed by atoms with van der Waals surface area (Å²) >= 11 is 0. The van der Waals surface area contributed by atoms with Gasteiger partial charge in [-0.25, -0.2) is 0 Å². The number of rotatable bonds is 9. The molecular weight excluding hydrogens is 418 g/mol. The van der Waals surface area contributed by atoms with Gasteiger partial charge in [0.25, 0.3) is 0 Å². The predicted molar refractivity (Wildman–Crippen MR) is 127 cm³/mol. The minimum atomic E-state index is 0.0270. The molecule has 0 bridgehead atoms. The Hall–Kier alpha value is -2.90. The maximum Gasteiger partial charge on any atom is 0.224 e. The van der Waals surface area contributed by atoms with Gasteiger partial charge in [0, 0.05) is 44.7 Å². The molecule has 2 aromatic rings. The fourth-order valence-corrected chi connectivity index (χ4v) is 4.29. The molecule has 7 nitrogen and oxygen atoms in total. The zero-order valence-corrected chi connectivity index (χ0v) is 19.3. The molecule has 2 aliphatic heterocycles. The molecule has 1 unspecified atom stereocenters. The van der Waals surface area contributed by atoms with Crippen molar-refractivity contribution in [2.24, 2.45) is 0 Å². The molecule has 0 radical (unpaired) electrons. The van der Waals surface area contributed by atoms with Crippen LogP contribution in [0.15, 0.2) is 42.5 Å². The molecule has 1 atom stereocenters. The summed E-state index contributed by atoms with van der Waals surface area (Å²) in [4.78, 5) is 26.1. The van der Waals surface area contributed by atoms with E-state index in [1.807, 2.05) is 24.3 Å². The number of carbonyl (C=O) groups is 2. The SMILES string of the molecule is CC1CN(Cc2cccc(CNC(=O)CCCOc3ccc4c(c3)CCC(=O)N4)c2)CCO1. The summed E-state index contributed by atoms with van der Waals surface area (Å²) in [6.45, 7) is 6.71. The van der Waals surface area contributed by atoms with Crippen LogP contribution in [-0.2, 0) is 33.8 Å². The largest absolute Gasteiger partial charge is 0.494 e. The standard InChI is InChI=1S/C26H33N3O4/c1-19-17-29(11-13-32-19)18-21-5-2-4-20(14-21)16-27-25(30)6-3-12-33-23-8-9-24-22(15-23)7-10-26(31)28-24/h2,4-5,8-9,14-15,19H,3,6-7,10-13,16-18H2,1H3,(H,27,30)(H,28,31). The maximum absolute atomic E-state index is 12.3. The Bertz CT molecular complexity index is 978. The van der Waals surface area contributed by atoms with Crippen LogP contribution in [0.3, 0.4) is 0 Å². The van der Waals surface area contributed by atoms with Crippen LogP contribution in [0.1, 0.15) is 42.9 Å². The number of carbonyl (C=O) groups excluding carboxylic acids is 2. The third kappa shape index (κ3) is 7.04. The van der Waals surface area contributed by atoms with Gasteiger partial charge in [0.05, 0.1) is 19.3 Å². The Kier molecular flexibility index (Phi) is 7.96. The van der Waals surface area contributed by atoms with Crippen molar-refractivity contribution in [2.75, 3.05) is 31.6 Å². The Morgan fingerprint density at radius 3 is 2.97 bits per heavy atom. The van der Waals surface area contributed by atoms with Crippen molar-refractivity contribution in [3.8, 4) is 5.75 Å². The minimum Gasteiger partial charge on any atom is -0.494 e. The molecule has 2 amide bonds. The van der Waals surface area contributed by atoms with E-state index in [2.05, 4.69) is 40.7 Å². The van der Waals surface area contributed by atoms with Crippen LogP contribution >= 0.6 is 0 Å². The summed E-state index contributed by atoms with van der Waals surface area (Å²) in [5.41, 5.74) is 4.32. The lowest BCUT2D eigenvalue weighted by atomic mass is 10.0. The molecule has 0 saturated carbocycles. The molecule has 33 heavy (non-hydrogen) atoms. The highest BCUT2D eigenvalue weighted by molar-refractivity contribution is 5.94. The maximum atomic E-state index is 12.3. The van der Waals surface area contributed by atoms with Crippen LogP contribution in [-0.4, -0.2) is 49.1 Å². The minimum absolute atomic E-state index is 0.0270. The number of benzene rings is 2. The Labute approximate surface area is 195 Å². The molecule has 0 aliphatic carbocycles. The van der Waals surface area contributed by atoms with Crippen LogP contribution in [0.5, 0.6) is 5.75 Å². The molecule has 0 aromatic heterocycles. The average molecular weight is 452 g/mol. The van der Waals surface area contributed by atoms with E-state index in [-0.39, 0.29) is 17.9 Å². The molecule has 1 fully saturated rings. The van der Waals surface area contributed by atoms with Gasteiger partial charge in [-0.2, -0.15) is 0 Å². The highest BCUT2D eigenvalue weighted by Gasteiger charge is 2.17. The van der Waals surface area contributed by atoms with Crippen molar-refractivity contribution >= 4 is 17.5 Å². The first kappa shape index (κ1) is 23.3. The predicted octanol–water partition coefficient (Wildman–Crippen LogP) is 3.27. The van der Waals surface area contributed by atoms with Gasteiger partial charge in [0.2, 0.25) is 11.8 Å². The topological polar surface area (TPSA) is 79.9 Å². The van der Waals surface area contributed by atoms with E-state index in [9.17, 15) is 9.59 Å². The number of ether oxygens (including phenoxy) is 2. The van der Waals surface area contributed by atoms with Gasteiger partial charge in [0.1, 0.15) is 5.75 Å². The summed E-state index contributed by atoms with van der Waals surface area (Å²) in [7, 11) is 0. The molecule has 2 N–H and O–H groups in total. The third-order valence-corrected chi connectivity index (χ3v) is 6.00. The highest BCUT2D eigenvalue weighted by Crippen LogP contribution is 2.26. The second-order valence-corrected chi connectivity index (χ2v) is 8.83. The molecule has 2 aliphatic rings. The van der Waals surface area contributed by atoms with Crippen molar-refractivity contribution in [1.29, 1.82) is 0 Å². The number of amides is 2. The van der Waals surface area contributed by atoms with Crippen molar-refractivity contribution in [3.05, 3.63) is 59.2 Å². The van der Waals surface area contributed by atoms with Crippen LogP contribution in [0.25, 0.3) is 0 Å². The van der Waals surface area contributed by atoms with Gasteiger partial charge in [-0.05, 0) is 54.7 Å². The number of morpholine rings is 1. The van der Waals surface area contributed by atoms with E-state index in [0.29, 0.717) is 32.4 Å². The summed E-state index contributed by atoms with van der Waals surface area (Å²) in [6, 6.07) is 14.1. The molecule has 2 aromatic carbocycles. The number of hydrogen-bond donors (Lipinski definition) is 2. The lowest BCUT2D eigenvalue weighted by Gasteiger charge is -2.31. The van der Waals surface area contributed by atoms with E-state index in [1.54, 1.807) is 0 Å². The number of aryl methyl sites for hydroxylation is 1. The van der Waals surface area contributed by atoms with E-state index < -0.39 is 0 Å². The van der Waals surface area contributed by atoms with E-state index in [0.717, 1.165) is 55.2 Å². The number of anilines is 1. The first-order valence-corrected chi connectivity index (χ1v) is 11.8. The molecule has 0 spiro atoms. The first-order valence-electron chi connectivity index (χ1n) is 11.8. The van der Waals surface area contributed by atoms with E-state index in [4.69, 9.17) is 9.47 Å². The van der Waals surface area contributed by atoms with Gasteiger partial charge in [-0.15, -0.1) is 0 Å². The number of nitrogens with zero attached hydrogens (tertiary/aromatic N) is 1. The van der Waals surface area contributed by atoms with Crippen LogP contribution in [0.4, 0.5) is 5.69 Å². The van der Waals surface area contributed by atoms with Gasteiger partial charge >= 0.3 is 0 Å². The average Bonchev–Trinajstić information content (AvgIpc) is 2.81. The number of hydrogen-bond acceptors (Lipinski definition) is 5. The Morgan fingerprint density at radius 1 is 1.21 bits per heavy atom. The second kappa shape index (κ2) is 11.3. The zero-order valence-electron chi connectivity index (χ0n) is 19.3. The molecular formula is C26H33N3O4. The summed E-state index contributed by atoms with van der Waals surface area (Å²) in [5.74, 6) is 0.858. The first-order chi connectivity index (χ1) is 16.0. The van der Waals surface area contributed by atoms with Gasteiger partial charge in [0.15, 0.2) is 0 Å². The smallest absolute Gasteiger partial charge is 0.224 e. The van der Waals surface area contributed by atoms with Crippen LogP contribution in [0, 0.1) is 0 Å². The van der Waals surface area contributed by atoms with Crippen molar-refractivity contribution in [2.45, 2.75) is 51.8 Å². The lowest BCUT2D eigenvalue weighted by Crippen LogP contribution is -2.40. The normalized spacial score (nSPS) is 18.3. The molecule has 4 rings (SSSR count). The molecule has 1 saturated heterocycles. The van der Waals surface area contributed by atoms with Crippen molar-refractivity contribution < 1.29 is 19.1 Å². The number of fused-ring (bicyclic) bond motifs is 1.